The average Bonchev–Trinajstić information content (AvgIpc) is 2.98. The monoisotopic (exact) mass is 298 g/mol. The lowest BCUT2D eigenvalue weighted by Gasteiger charge is -2.54. The molecule has 21 heavy (non-hydrogen) atoms. The van der Waals surface area contributed by atoms with E-state index in [1.807, 2.05) is 13.8 Å². The van der Waals surface area contributed by atoms with Gasteiger partial charge in [-0.2, -0.15) is 0 Å². The van der Waals surface area contributed by atoms with E-state index in [1.165, 1.54) is 12.8 Å². The number of urea groups is 1. The van der Waals surface area contributed by atoms with Gasteiger partial charge in [-0.05, 0) is 32.6 Å². The van der Waals surface area contributed by atoms with Gasteiger partial charge in [0.05, 0.1) is 12.7 Å². The third-order valence-corrected chi connectivity index (χ3v) is 5.14. The fourth-order valence-electron chi connectivity index (χ4n) is 4.03. The predicted octanol–water partition coefficient (Wildman–Crippen LogP) is 2.14. The second kappa shape index (κ2) is 7.45. The first-order valence-electron chi connectivity index (χ1n) is 8.45. The molecule has 5 nitrogen and oxygen atoms in total. The Morgan fingerprint density at radius 2 is 2.05 bits per heavy atom. The standard InChI is InChI=1S/C16H30N2O3/c1-3-9-18(10-11-19)15(20)17-13-12-14(21-4-2)16(13)7-5-6-8-16/h13-14,19H,3-12H2,1-2H3,(H,17,20). The van der Waals surface area contributed by atoms with E-state index >= 15 is 0 Å². The van der Waals surface area contributed by atoms with Gasteiger partial charge in [0.25, 0.3) is 0 Å². The Labute approximate surface area is 128 Å². The number of hydrogen-bond donors (Lipinski definition) is 2. The van der Waals surface area contributed by atoms with Gasteiger partial charge in [0.15, 0.2) is 0 Å². The third kappa shape index (κ3) is 3.34. The molecular weight excluding hydrogens is 268 g/mol. The first-order valence-corrected chi connectivity index (χ1v) is 8.45. The van der Waals surface area contributed by atoms with Crippen LogP contribution in [0, 0.1) is 5.41 Å². The Kier molecular flexibility index (Phi) is 5.88. The van der Waals surface area contributed by atoms with E-state index in [4.69, 9.17) is 9.84 Å². The van der Waals surface area contributed by atoms with Crippen molar-refractivity contribution in [2.24, 2.45) is 5.41 Å². The predicted molar refractivity (Wildman–Crippen MR) is 82.2 cm³/mol. The molecule has 5 heteroatoms. The Balaban J connectivity index is 1.94. The zero-order chi connectivity index (χ0) is 15.3. The second-order valence-corrected chi connectivity index (χ2v) is 6.33. The minimum Gasteiger partial charge on any atom is -0.395 e. The molecule has 2 saturated carbocycles. The van der Waals surface area contributed by atoms with Gasteiger partial charge in [0.1, 0.15) is 0 Å². The summed E-state index contributed by atoms with van der Waals surface area (Å²) >= 11 is 0. The minimum absolute atomic E-state index is 0.0187. The molecule has 1 spiro atoms. The quantitative estimate of drug-likeness (QED) is 0.757. The van der Waals surface area contributed by atoms with Crippen molar-refractivity contribution in [2.75, 3.05) is 26.3 Å². The summed E-state index contributed by atoms with van der Waals surface area (Å²) < 4.78 is 5.88. The molecule has 0 bridgehead atoms. The first kappa shape index (κ1) is 16.6. The van der Waals surface area contributed by atoms with Crippen LogP contribution in [0.1, 0.15) is 52.4 Å². The van der Waals surface area contributed by atoms with Crippen LogP contribution in [0.4, 0.5) is 4.79 Å². The van der Waals surface area contributed by atoms with Gasteiger partial charge in [-0.25, -0.2) is 4.79 Å². The Bertz CT molecular complexity index is 336. The smallest absolute Gasteiger partial charge is 0.317 e. The molecule has 2 fully saturated rings. The van der Waals surface area contributed by atoms with Crippen LogP contribution < -0.4 is 5.32 Å². The maximum atomic E-state index is 12.4. The van der Waals surface area contributed by atoms with Crippen molar-refractivity contribution in [3.05, 3.63) is 0 Å². The fourth-order valence-corrected chi connectivity index (χ4v) is 4.03. The lowest BCUT2D eigenvalue weighted by atomic mass is 9.60. The Hall–Kier alpha value is -0.810. The summed E-state index contributed by atoms with van der Waals surface area (Å²) in [7, 11) is 0. The average molecular weight is 298 g/mol. The van der Waals surface area contributed by atoms with Crippen LogP contribution in [-0.2, 0) is 4.74 Å². The number of nitrogens with zero attached hydrogens (tertiary/aromatic N) is 1. The molecule has 2 amide bonds. The van der Waals surface area contributed by atoms with Gasteiger partial charge < -0.3 is 20.1 Å². The molecule has 0 aromatic heterocycles. The van der Waals surface area contributed by atoms with Crippen LogP contribution in [0.3, 0.4) is 0 Å². The molecule has 0 aliphatic heterocycles. The van der Waals surface area contributed by atoms with Crippen LogP contribution in [0.5, 0.6) is 0 Å². The SMILES string of the molecule is CCCN(CCO)C(=O)NC1CC(OCC)C12CCCC2. The van der Waals surface area contributed by atoms with E-state index in [9.17, 15) is 4.79 Å². The van der Waals surface area contributed by atoms with Crippen molar-refractivity contribution >= 4 is 6.03 Å². The van der Waals surface area contributed by atoms with Gasteiger partial charge in [-0.15, -0.1) is 0 Å². The molecular formula is C16H30N2O3. The Morgan fingerprint density at radius 3 is 2.62 bits per heavy atom. The lowest BCUT2D eigenvalue weighted by Crippen LogP contribution is -2.65. The van der Waals surface area contributed by atoms with Crippen molar-refractivity contribution in [3.8, 4) is 0 Å². The minimum atomic E-state index is -0.0304. The molecule has 0 saturated heterocycles. The maximum Gasteiger partial charge on any atom is 0.317 e. The number of aliphatic hydroxyl groups is 1. The normalized spacial score (nSPS) is 26.6. The van der Waals surface area contributed by atoms with Crippen molar-refractivity contribution in [2.45, 2.75) is 64.5 Å². The van der Waals surface area contributed by atoms with Gasteiger partial charge in [-0.3, -0.25) is 0 Å². The van der Waals surface area contributed by atoms with E-state index in [2.05, 4.69) is 5.32 Å². The molecule has 2 aliphatic carbocycles. The summed E-state index contributed by atoms with van der Waals surface area (Å²) in [5.41, 5.74) is 0.169. The fraction of sp³-hybridized carbons (Fsp3) is 0.938. The van der Waals surface area contributed by atoms with Gasteiger partial charge in [0, 0.05) is 31.2 Å². The van der Waals surface area contributed by atoms with E-state index in [0.29, 0.717) is 19.2 Å². The molecule has 2 rings (SSSR count). The Morgan fingerprint density at radius 1 is 1.33 bits per heavy atom. The number of carbonyl (C=O) groups excluding carboxylic acids is 1. The molecule has 0 aromatic carbocycles. The van der Waals surface area contributed by atoms with E-state index in [1.54, 1.807) is 4.90 Å². The van der Waals surface area contributed by atoms with Crippen LogP contribution in [-0.4, -0.2) is 54.5 Å². The molecule has 0 aromatic rings. The molecule has 2 N–H and O–H groups in total. The molecule has 2 unspecified atom stereocenters. The van der Waals surface area contributed by atoms with Gasteiger partial charge >= 0.3 is 6.03 Å². The summed E-state index contributed by atoms with van der Waals surface area (Å²) in [6.45, 7) is 5.96. The lowest BCUT2D eigenvalue weighted by molar-refractivity contribution is -0.127. The first-order chi connectivity index (χ1) is 10.2. The summed E-state index contributed by atoms with van der Waals surface area (Å²) in [6, 6.07) is 0.208. The molecule has 0 radical (unpaired) electrons. The van der Waals surface area contributed by atoms with E-state index in [-0.39, 0.29) is 24.1 Å². The second-order valence-electron chi connectivity index (χ2n) is 6.33. The number of carbonyl (C=O) groups is 1. The zero-order valence-electron chi connectivity index (χ0n) is 13.4. The highest BCUT2D eigenvalue weighted by molar-refractivity contribution is 5.74. The molecule has 2 atom stereocenters. The number of aliphatic hydroxyl groups excluding tert-OH is 1. The summed E-state index contributed by atoms with van der Waals surface area (Å²) in [5.74, 6) is 0. The number of nitrogens with one attached hydrogen (secondary N) is 1. The third-order valence-electron chi connectivity index (χ3n) is 5.14. The van der Waals surface area contributed by atoms with Crippen molar-refractivity contribution in [1.29, 1.82) is 0 Å². The van der Waals surface area contributed by atoms with Crippen LogP contribution in [0.15, 0.2) is 0 Å². The van der Waals surface area contributed by atoms with Crippen LogP contribution in [0.2, 0.25) is 0 Å². The maximum absolute atomic E-state index is 12.4. The number of hydrogen-bond acceptors (Lipinski definition) is 3. The van der Waals surface area contributed by atoms with E-state index in [0.717, 1.165) is 32.3 Å². The number of rotatable bonds is 7. The summed E-state index contributed by atoms with van der Waals surface area (Å²) in [4.78, 5) is 14.1. The molecule has 0 heterocycles. The highest BCUT2D eigenvalue weighted by Crippen LogP contribution is 2.54. The zero-order valence-corrected chi connectivity index (χ0v) is 13.4. The van der Waals surface area contributed by atoms with Crippen LogP contribution in [0.25, 0.3) is 0 Å². The van der Waals surface area contributed by atoms with Gasteiger partial charge in [-0.1, -0.05) is 19.8 Å². The van der Waals surface area contributed by atoms with Crippen molar-refractivity contribution in [3.63, 3.8) is 0 Å². The van der Waals surface area contributed by atoms with Gasteiger partial charge in [0.2, 0.25) is 0 Å². The summed E-state index contributed by atoms with van der Waals surface area (Å²) in [5, 5.41) is 12.3. The highest BCUT2D eigenvalue weighted by atomic mass is 16.5. The van der Waals surface area contributed by atoms with E-state index < -0.39 is 0 Å². The van der Waals surface area contributed by atoms with Crippen molar-refractivity contribution in [1.82, 2.24) is 10.2 Å². The number of amides is 2. The van der Waals surface area contributed by atoms with Crippen molar-refractivity contribution < 1.29 is 14.6 Å². The molecule has 122 valence electrons. The number of ether oxygens (including phenoxy) is 1. The largest absolute Gasteiger partial charge is 0.395 e. The highest BCUT2D eigenvalue weighted by Gasteiger charge is 2.57. The molecule has 2 aliphatic rings. The summed E-state index contributed by atoms with van der Waals surface area (Å²) in [6.07, 6.45) is 6.96. The topological polar surface area (TPSA) is 61.8 Å². The van der Waals surface area contributed by atoms with Crippen LogP contribution >= 0.6 is 0 Å².